The fraction of sp³-hybridized carbons (Fsp3) is 0.471. The van der Waals surface area contributed by atoms with E-state index >= 15 is 0 Å². The van der Waals surface area contributed by atoms with Crippen LogP contribution in [-0.4, -0.2) is 18.5 Å². The van der Waals surface area contributed by atoms with Gasteiger partial charge >= 0.3 is 0 Å². The molecule has 0 aliphatic heterocycles. The van der Waals surface area contributed by atoms with Crippen LogP contribution in [0.2, 0.25) is 0 Å². The third kappa shape index (κ3) is 4.63. The number of furan rings is 1. The Hall–Kier alpha value is -1.24. The Labute approximate surface area is 148 Å². The van der Waals surface area contributed by atoms with Gasteiger partial charge in [-0.05, 0) is 25.0 Å². The summed E-state index contributed by atoms with van der Waals surface area (Å²) in [4.78, 5) is 4.41. The largest absolute Gasteiger partial charge is 0.461 e. The van der Waals surface area contributed by atoms with Crippen molar-refractivity contribution in [3.63, 3.8) is 0 Å². The van der Waals surface area contributed by atoms with Gasteiger partial charge in [0.15, 0.2) is 5.96 Å². The van der Waals surface area contributed by atoms with Gasteiger partial charge in [0.05, 0.1) is 0 Å². The van der Waals surface area contributed by atoms with E-state index in [1.165, 1.54) is 32.1 Å². The molecule has 1 aliphatic carbocycles. The number of nitrogens with zero attached hydrogens (tertiary/aromatic N) is 1. The SMILES string of the molecule is I.NC(=NCCc1cc2ccccc2o1)NC1CCCCC1. The summed E-state index contributed by atoms with van der Waals surface area (Å²) in [5, 5.41) is 4.47. The number of para-hydroxylation sites is 1. The van der Waals surface area contributed by atoms with Gasteiger partial charge in [0, 0.05) is 24.4 Å². The van der Waals surface area contributed by atoms with Crippen LogP contribution in [0.4, 0.5) is 0 Å². The third-order valence-electron chi connectivity index (χ3n) is 4.07. The lowest BCUT2D eigenvalue weighted by molar-refractivity contribution is 0.412. The normalized spacial score (nSPS) is 16.5. The zero-order valence-electron chi connectivity index (χ0n) is 12.8. The summed E-state index contributed by atoms with van der Waals surface area (Å²) in [7, 11) is 0. The molecule has 0 unspecified atom stereocenters. The number of rotatable bonds is 4. The molecule has 22 heavy (non-hydrogen) atoms. The van der Waals surface area contributed by atoms with E-state index in [4.69, 9.17) is 10.2 Å². The minimum absolute atomic E-state index is 0. The first-order chi connectivity index (χ1) is 10.3. The van der Waals surface area contributed by atoms with Crippen LogP contribution in [0.5, 0.6) is 0 Å². The van der Waals surface area contributed by atoms with E-state index in [0.29, 0.717) is 18.5 Å². The fourth-order valence-electron chi connectivity index (χ4n) is 2.95. The van der Waals surface area contributed by atoms with E-state index in [0.717, 1.165) is 23.2 Å². The highest BCUT2D eigenvalue weighted by atomic mass is 127. The molecule has 1 aromatic carbocycles. The Kier molecular flexibility index (Phi) is 6.54. The number of nitrogens with two attached hydrogens (primary N) is 1. The minimum atomic E-state index is 0. The van der Waals surface area contributed by atoms with E-state index in [1.807, 2.05) is 18.2 Å². The lowest BCUT2D eigenvalue weighted by atomic mass is 9.96. The molecule has 1 aliphatic rings. The topological polar surface area (TPSA) is 63.5 Å². The van der Waals surface area contributed by atoms with Gasteiger partial charge in [-0.25, -0.2) is 0 Å². The summed E-state index contributed by atoms with van der Waals surface area (Å²) in [6.07, 6.45) is 7.14. The Bertz CT molecular complexity index is 584. The quantitative estimate of drug-likeness (QED) is 0.455. The molecule has 4 nitrogen and oxygen atoms in total. The maximum Gasteiger partial charge on any atom is 0.188 e. The molecule has 0 radical (unpaired) electrons. The molecular weight excluding hydrogens is 389 g/mol. The number of fused-ring (bicyclic) bond motifs is 1. The third-order valence-corrected chi connectivity index (χ3v) is 4.07. The first-order valence-electron chi connectivity index (χ1n) is 7.85. The zero-order chi connectivity index (χ0) is 14.5. The van der Waals surface area contributed by atoms with Gasteiger partial charge < -0.3 is 15.5 Å². The number of benzene rings is 1. The standard InChI is InChI=1S/C17H23N3O.HI/c18-17(20-14-7-2-1-3-8-14)19-11-10-15-12-13-6-4-5-9-16(13)21-15;/h4-6,9,12,14H,1-3,7-8,10-11H2,(H3,18,19,20);1H. The fourth-order valence-corrected chi connectivity index (χ4v) is 2.95. The molecule has 5 heteroatoms. The van der Waals surface area contributed by atoms with Crippen molar-refractivity contribution in [1.82, 2.24) is 5.32 Å². The summed E-state index contributed by atoms with van der Waals surface area (Å²) in [6, 6.07) is 10.6. The van der Waals surface area contributed by atoms with Gasteiger partial charge in [-0.3, -0.25) is 4.99 Å². The number of hydrogen-bond donors (Lipinski definition) is 2. The molecule has 0 bridgehead atoms. The minimum Gasteiger partial charge on any atom is -0.461 e. The molecule has 120 valence electrons. The maximum absolute atomic E-state index is 5.95. The highest BCUT2D eigenvalue weighted by molar-refractivity contribution is 14.0. The number of nitrogens with one attached hydrogen (secondary N) is 1. The average molecular weight is 413 g/mol. The number of hydrogen-bond acceptors (Lipinski definition) is 2. The molecule has 3 rings (SSSR count). The summed E-state index contributed by atoms with van der Waals surface area (Å²) >= 11 is 0. The van der Waals surface area contributed by atoms with Crippen molar-refractivity contribution in [2.24, 2.45) is 10.7 Å². The van der Waals surface area contributed by atoms with Crippen LogP contribution in [0.3, 0.4) is 0 Å². The van der Waals surface area contributed by atoms with Gasteiger partial charge in [0.1, 0.15) is 11.3 Å². The van der Waals surface area contributed by atoms with Gasteiger partial charge in [-0.2, -0.15) is 0 Å². The predicted octanol–water partition coefficient (Wildman–Crippen LogP) is 3.83. The molecular formula is C17H24IN3O. The average Bonchev–Trinajstić information content (AvgIpc) is 2.91. The van der Waals surface area contributed by atoms with Crippen molar-refractivity contribution in [2.75, 3.05) is 6.54 Å². The van der Waals surface area contributed by atoms with Crippen LogP contribution in [0.15, 0.2) is 39.7 Å². The molecule has 3 N–H and O–H groups in total. The molecule has 0 amide bonds. The van der Waals surface area contributed by atoms with Crippen molar-refractivity contribution in [3.05, 3.63) is 36.1 Å². The maximum atomic E-state index is 5.95. The highest BCUT2D eigenvalue weighted by Gasteiger charge is 2.13. The Balaban J connectivity index is 0.00000176. The summed E-state index contributed by atoms with van der Waals surface area (Å²) in [6.45, 7) is 0.658. The predicted molar refractivity (Wildman–Crippen MR) is 102 cm³/mol. The van der Waals surface area contributed by atoms with Crippen LogP contribution in [0.1, 0.15) is 37.9 Å². The lowest BCUT2D eigenvalue weighted by Gasteiger charge is -2.23. The number of guanidine groups is 1. The van der Waals surface area contributed by atoms with Crippen molar-refractivity contribution in [2.45, 2.75) is 44.6 Å². The Morgan fingerprint density at radius 3 is 2.77 bits per heavy atom. The van der Waals surface area contributed by atoms with Gasteiger partial charge in [-0.1, -0.05) is 37.5 Å². The van der Waals surface area contributed by atoms with Gasteiger partial charge in [0.25, 0.3) is 0 Å². The van der Waals surface area contributed by atoms with Crippen molar-refractivity contribution >= 4 is 40.9 Å². The van der Waals surface area contributed by atoms with Crippen LogP contribution in [-0.2, 0) is 6.42 Å². The molecule has 0 saturated heterocycles. The van der Waals surface area contributed by atoms with E-state index in [9.17, 15) is 0 Å². The second-order valence-corrected chi connectivity index (χ2v) is 5.75. The zero-order valence-corrected chi connectivity index (χ0v) is 15.1. The van der Waals surface area contributed by atoms with E-state index in [1.54, 1.807) is 0 Å². The summed E-state index contributed by atoms with van der Waals surface area (Å²) in [5.41, 5.74) is 6.89. The van der Waals surface area contributed by atoms with Crippen LogP contribution in [0, 0.1) is 0 Å². The van der Waals surface area contributed by atoms with E-state index < -0.39 is 0 Å². The second-order valence-electron chi connectivity index (χ2n) is 5.75. The Morgan fingerprint density at radius 2 is 2.00 bits per heavy atom. The first-order valence-corrected chi connectivity index (χ1v) is 7.85. The van der Waals surface area contributed by atoms with E-state index in [-0.39, 0.29) is 24.0 Å². The van der Waals surface area contributed by atoms with Crippen LogP contribution in [0.25, 0.3) is 11.0 Å². The second kappa shape index (κ2) is 8.41. The number of halogens is 1. The van der Waals surface area contributed by atoms with Crippen molar-refractivity contribution in [3.8, 4) is 0 Å². The molecule has 1 heterocycles. The summed E-state index contributed by atoms with van der Waals surface area (Å²) < 4.78 is 5.77. The smallest absolute Gasteiger partial charge is 0.188 e. The van der Waals surface area contributed by atoms with Crippen LogP contribution < -0.4 is 11.1 Å². The molecule has 0 atom stereocenters. The molecule has 0 spiro atoms. The molecule has 1 fully saturated rings. The molecule has 1 saturated carbocycles. The lowest BCUT2D eigenvalue weighted by Crippen LogP contribution is -2.41. The summed E-state index contributed by atoms with van der Waals surface area (Å²) in [5.74, 6) is 1.53. The first kappa shape index (κ1) is 17.1. The van der Waals surface area contributed by atoms with Gasteiger partial charge in [-0.15, -0.1) is 24.0 Å². The number of aliphatic imine (C=N–C) groups is 1. The van der Waals surface area contributed by atoms with Gasteiger partial charge in [0.2, 0.25) is 0 Å². The highest BCUT2D eigenvalue weighted by Crippen LogP contribution is 2.19. The van der Waals surface area contributed by atoms with E-state index in [2.05, 4.69) is 22.4 Å². The van der Waals surface area contributed by atoms with Crippen molar-refractivity contribution < 1.29 is 4.42 Å². The van der Waals surface area contributed by atoms with Crippen LogP contribution >= 0.6 is 24.0 Å². The molecule has 2 aromatic rings. The monoisotopic (exact) mass is 413 g/mol. The molecule has 1 aromatic heterocycles. The Morgan fingerprint density at radius 1 is 1.23 bits per heavy atom. The van der Waals surface area contributed by atoms with Crippen molar-refractivity contribution in [1.29, 1.82) is 0 Å².